The van der Waals surface area contributed by atoms with Crippen LogP contribution in [0.15, 0.2) is 24.5 Å². The fourth-order valence-corrected chi connectivity index (χ4v) is 4.35. The molecule has 4 nitrogen and oxygen atoms in total. The number of aromatic amines is 1. The van der Waals surface area contributed by atoms with Crippen LogP contribution in [-0.4, -0.2) is 5.91 Å². The minimum Gasteiger partial charge on any atom is -0.352 e. The lowest BCUT2D eigenvalue weighted by molar-refractivity contribution is -0.378. The SMILES string of the molecule is O=C1NC(c2ccc[nH+]c2)Nc2sc3c(c21)CCCC3. The first kappa shape index (κ1) is 11.9. The summed E-state index contributed by atoms with van der Waals surface area (Å²) in [6.45, 7) is 0. The van der Waals surface area contributed by atoms with Crippen molar-refractivity contribution in [2.24, 2.45) is 0 Å². The Hall–Kier alpha value is -1.88. The molecule has 1 aliphatic carbocycles. The number of thiophene rings is 1. The van der Waals surface area contributed by atoms with E-state index in [1.807, 2.05) is 24.5 Å². The Labute approximate surface area is 121 Å². The molecule has 0 spiro atoms. The molecule has 0 bridgehead atoms. The van der Waals surface area contributed by atoms with Crippen LogP contribution >= 0.6 is 11.3 Å². The van der Waals surface area contributed by atoms with Crippen LogP contribution in [0.3, 0.4) is 0 Å². The lowest BCUT2D eigenvalue weighted by Crippen LogP contribution is -2.38. The summed E-state index contributed by atoms with van der Waals surface area (Å²) >= 11 is 1.76. The molecular formula is C15H16N3OS+. The summed E-state index contributed by atoms with van der Waals surface area (Å²) in [5.41, 5.74) is 3.21. The Bertz CT molecular complexity index is 665. The van der Waals surface area contributed by atoms with E-state index in [1.54, 1.807) is 11.3 Å². The monoisotopic (exact) mass is 286 g/mol. The highest BCUT2D eigenvalue weighted by Crippen LogP contribution is 2.41. The summed E-state index contributed by atoms with van der Waals surface area (Å²) in [5, 5.41) is 7.57. The van der Waals surface area contributed by atoms with Crippen molar-refractivity contribution in [2.75, 3.05) is 5.32 Å². The molecule has 0 aromatic carbocycles. The van der Waals surface area contributed by atoms with E-state index < -0.39 is 0 Å². The molecule has 0 saturated heterocycles. The Kier molecular flexibility index (Phi) is 2.73. The van der Waals surface area contributed by atoms with Crippen molar-refractivity contribution in [1.29, 1.82) is 0 Å². The van der Waals surface area contributed by atoms with Crippen molar-refractivity contribution in [3.63, 3.8) is 0 Å². The van der Waals surface area contributed by atoms with Crippen LogP contribution in [0.2, 0.25) is 0 Å². The van der Waals surface area contributed by atoms with Crippen LogP contribution in [0.25, 0.3) is 0 Å². The summed E-state index contributed by atoms with van der Waals surface area (Å²) in [6, 6.07) is 3.95. The van der Waals surface area contributed by atoms with Crippen LogP contribution in [0.5, 0.6) is 0 Å². The molecule has 2 aromatic heterocycles. The number of amides is 1. The largest absolute Gasteiger partial charge is 0.352 e. The van der Waals surface area contributed by atoms with E-state index in [0.29, 0.717) is 0 Å². The standard InChI is InChI=1S/C15H15N3OS/c19-14-12-10-5-1-2-6-11(10)20-15(12)18-13(17-14)9-4-3-7-16-8-9/h3-4,7-8,13,18H,1-2,5-6H2,(H,17,19)/p+1. The Morgan fingerprint density at radius 2 is 2.15 bits per heavy atom. The van der Waals surface area contributed by atoms with E-state index in [4.69, 9.17) is 0 Å². The molecule has 2 aliphatic rings. The number of carbonyl (C=O) groups excluding carboxylic acids is 1. The van der Waals surface area contributed by atoms with Gasteiger partial charge in [0, 0.05) is 10.9 Å². The number of anilines is 1. The highest BCUT2D eigenvalue weighted by atomic mass is 32.1. The van der Waals surface area contributed by atoms with Crippen molar-refractivity contribution in [3.8, 4) is 0 Å². The quantitative estimate of drug-likeness (QED) is 0.845. The van der Waals surface area contributed by atoms with Crippen molar-refractivity contribution >= 4 is 22.2 Å². The molecule has 4 rings (SSSR count). The number of hydrogen-bond donors (Lipinski definition) is 2. The van der Waals surface area contributed by atoms with E-state index in [2.05, 4.69) is 15.6 Å². The number of aryl methyl sites for hydroxylation is 1. The number of pyridine rings is 1. The zero-order valence-corrected chi connectivity index (χ0v) is 11.8. The molecule has 2 aromatic rings. The van der Waals surface area contributed by atoms with Crippen molar-refractivity contribution in [3.05, 3.63) is 46.1 Å². The Morgan fingerprint density at radius 3 is 3.00 bits per heavy atom. The van der Waals surface area contributed by atoms with Gasteiger partial charge in [-0.1, -0.05) is 0 Å². The molecule has 1 aliphatic heterocycles. The molecule has 5 heteroatoms. The fraction of sp³-hybridized carbons (Fsp3) is 0.333. The van der Waals surface area contributed by atoms with Gasteiger partial charge in [-0.3, -0.25) is 4.79 Å². The summed E-state index contributed by atoms with van der Waals surface area (Å²) in [4.78, 5) is 16.9. The molecule has 3 N–H and O–H groups in total. The number of fused-ring (bicyclic) bond motifs is 3. The molecule has 0 fully saturated rings. The predicted octanol–water partition coefficient (Wildman–Crippen LogP) is 2.30. The van der Waals surface area contributed by atoms with Gasteiger partial charge in [0.1, 0.15) is 11.2 Å². The number of rotatable bonds is 1. The van der Waals surface area contributed by atoms with E-state index in [9.17, 15) is 4.79 Å². The van der Waals surface area contributed by atoms with Gasteiger partial charge in [0.2, 0.25) is 0 Å². The number of carbonyl (C=O) groups is 1. The van der Waals surface area contributed by atoms with E-state index in [0.717, 1.165) is 29.0 Å². The van der Waals surface area contributed by atoms with Crippen molar-refractivity contribution < 1.29 is 9.78 Å². The highest BCUT2D eigenvalue weighted by Gasteiger charge is 2.32. The first-order valence-corrected chi connectivity index (χ1v) is 7.82. The number of hydrogen-bond acceptors (Lipinski definition) is 3. The van der Waals surface area contributed by atoms with Crippen LogP contribution < -0.4 is 15.6 Å². The van der Waals surface area contributed by atoms with Crippen LogP contribution in [0, 0.1) is 0 Å². The van der Waals surface area contributed by atoms with Crippen molar-refractivity contribution in [1.82, 2.24) is 5.32 Å². The smallest absolute Gasteiger partial charge is 0.256 e. The highest BCUT2D eigenvalue weighted by molar-refractivity contribution is 7.16. The molecule has 1 unspecified atom stereocenters. The third-order valence-corrected chi connectivity index (χ3v) is 5.24. The number of aromatic nitrogens is 1. The molecule has 0 radical (unpaired) electrons. The topological polar surface area (TPSA) is 55.3 Å². The van der Waals surface area contributed by atoms with E-state index in [-0.39, 0.29) is 12.1 Å². The third-order valence-electron chi connectivity index (χ3n) is 4.01. The molecule has 1 amide bonds. The van der Waals surface area contributed by atoms with Crippen LogP contribution in [0.1, 0.15) is 45.4 Å². The zero-order chi connectivity index (χ0) is 13.5. The maximum atomic E-state index is 12.4. The first-order chi connectivity index (χ1) is 9.83. The normalized spacial score (nSPS) is 20.6. The maximum Gasteiger partial charge on any atom is 0.256 e. The van der Waals surface area contributed by atoms with Gasteiger partial charge < -0.3 is 10.6 Å². The first-order valence-electron chi connectivity index (χ1n) is 7.01. The van der Waals surface area contributed by atoms with E-state index >= 15 is 0 Å². The van der Waals surface area contributed by atoms with E-state index in [1.165, 1.54) is 23.3 Å². The molecule has 0 saturated carbocycles. The van der Waals surface area contributed by atoms with Gasteiger partial charge >= 0.3 is 0 Å². The third kappa shape index (κ3) is 1.81. The van der Waals surface area contributed by atoms with Gasteiger partial charge in [0.15, 0.2) is 12.4 Å². The summed E-state index contributed by atoms with van der Waals surface area (Å²) < 4.78 is 0. The second kappa shape index (κ2) is 4.59. The molecule has 102 valence electrons. The Balaban J connectivity index is 1.73. The fourth-order valence-electron chi connectivity index (χ4n) is 3.03. The molecule has 20 heavy (non-hydrogen) atoms. The lowest BCUT2D eigenvalue weighted by Gasteiger charge is -2.25. The Morgan fingerprint density at radius 1 is 1.25 bits per heavy atom. The van der Waals surface area contributed by atoms with Gasteiger partial charge in [-0.05, 0) is 37.3 Å². The zero-order valence-electron chi connectivity index (χ0n) is 11.0. The van der Waals surface area contributed by atoms with Gasteiger partial charge in [-0.25, -0.2) is 4.98 Å². The minimum atomic E-state index is -0.146. The lowest BCUT2D eigenvalue weighted by atomic mass is 9.94. The predicted molar refractivity (Wildman–Crippen MR) is 77.8 cm³/mol. The average molecular weight is 286 g/mol. The second-order valence-corrected chi connectivity index (χ2v) is 6.41. The average Bonchev–Trinajstić information content (AvgIpc) is 2.87. The molecule has 1 atom stereocenters. The minimum absolute atomic E-state index is 0.0620. The molecular weight excluding hydrogens is 270 g/mol. The van der Waals surface area contributed by atoms with Gasteiger partial charge in [0.25, 0.3) is 5.91 Å². The summed E-state index contributed by atoms with van der Waals surface area (Å²) in [5.74, 6) is 0.0620. The summed E-state index contributed by atoms with van der Waals surface area (Å²) in [7, 11) is 0. The number of nitrogens with one attached hydrogen (secondary N) is 3. The van der Waals surface area contributed by atoms with Gasteiger partial charge in [0.05, 0.1) is 11.1 Å². The molecule has 3 heterocycles. The van der Waals surface area contributed by atoms with Gasteiger partial charge in [-0.15, -0.1) is 11.3 Å². The number of H-pyrrole nitrogens is 1. The second-order valence-electron chi connectivity index (χ2n) is 5.30. The maximum absolute atomic E-state index is 12.4. The van der Waals surface area contributed by atoms with Crippen LogP contribution in [0.4, 0.5) is 5.00 Å². The van der Waals surface area contributed by atoms with Gasteiger partial charge in [-0.2, -0.15) is 0 Å². The van der Waals surface area contributed by atoms with Crippen LogP contribution in [-0.2, 0) is 12.8 Å². The van der Waals surface area contributed by atoms with Crippen molar-refractivity contribution in [2.45, 2.75) is 31.8 Å². The summed E-state index contributed by atoms with van der Waals surface area (Å²) in [6.07, 6.45) is 8.23.